The Morgan fingerprint density at radius 3 is 2.60 bits per heavy atom. The number of carbonyl (C=O) groups is 2. The Bertz CT molecular complexity index is 762. The van der Waals surface area contributed by atoms with E-state index in [2.05, 4.69) is 5.32 Å². The molecule has 132 valence electrons. The summed E-state index contributed by atoms with van der Waals surface area (Å²) in [4.78, 5) is 24.6. The number of amides is 1. The number of esters is 1. The largest absolute Gasteiger partial charge is 0.497 e. The van der Waals surface area contributed by atoms with Crippen molar-refractivity contribution in [2.24, 2.45) is 0 Å². The van der Waals surface area contributed by atoms with Crippen LogP contribution < -0.4 is 10.1 Å². The summed E-state index contributed by atoms with van der Waals surface area (Å²) in [6, 6.07) is 7.36. The quantitative estimate of drug-likeness (QED) is 0.827. The summed E-state index contributed by atoms with van der Waals surface area (Å²) in [7, 11) is 2.92. The van der Waals surface area contributed by atoms with Gasteiger partial charge in [0.2, 0.25) is 0 Å². The molecule has 1 aliphatic rings. The monoisotopic (exact) mass is 361 g/mol. The highest BCUT2D eigenvalue weighted by atomic mass is 32.1. The van der Waals surface area contributed by atoms with Crippen LogP contribution >= 0.6 is 11.3 Å². The van der Waals surface area contributed by atoms with Crippen molar-refractivity contribution >= 4 is 28.2 Å². The SMILES string of the molecule is COC(=O)c1c(-c2ccc(OC)cc2)csc1NC(=O)[C@@H]1CCCO1. The molecule has 1 N–H and O–H groups in total. The summed E-state index contributed by atoms with van der Waals surface area (Å²) in [6.07, 6.45) is 1.09. The number of hydrogen-bond donors (Lipinski definition) is 1. The lowest BCUT2D eigenvalue weighted by Gasteiger charge is -2.11. The fourth-order valence-electron chi connectivity index (χ4n) is 2.71. The van der Waals surface area contributed by atoms with E-state index in [4.69, 9.17) is 14.2 Å². The van der Waals surface area contributed by atoms with Crippen LogP contribution in [0.25, 0.3) is 11.1 Å². The van der Waals surface area contributed by atoms with E-state index < -0.39 is 12.1 Å². The molecule has 0 saturated carbocycles. The van der Waals surface area contributed by atoms with Gasteiger partial charge in [-0.25, -0.2) is 4.79 Å². The second-order valence-corrected chi connectivity index (χ2v) is 6.44. The first-order valence-corrected chi connectivity index (χ1v) is 8.78. The smallest absolute Gasteiger partial charge is 0.341 e. The fourth-order valence-corrected chi connectivity index (χ4v) is 3.67. The summed E-state index contributed by atoms with van der Waals surface area (Å²) < 4.78 is 15.5. The molecule has 0 bridgehead atoms. The minimum absolute atomic E-state index is 0.231. The Labute approximate surface area is 149 Å². The maximum Gasteiger partial charge on any atom is 0.341 e. The van der Waals surface area contributed by atoms with Crippen molar-refractivity contribution < 1.29 is 23.8 Å². The van der Waals surface area contributed by atoms with E-state index in [1.54, 1.807) is 7.11 Å². The zero-order chi connectivity index (χ0) is 17.8. The van der Waals surface area contributed by atoms with Crippen LogP contribution in [0.2, 0.25) is 0 Å². The van der Waals surface area contributed by atoms with Gasteiger partial charge in [0.05, 0.1) is 14.2 Å². The Kier molecular flexibility index (Phi) is 5.35. The summed E-state index contributed by atoms with van der Waals surface area (Å²) >= 11 is 1.29. The first-order valence-electron chi connectivity index (χ1n) is 7.90. The van der Waals surface area contributed by atoms with Crippen LogP contribution in [0.4, 0.5) is 5.00 Å². The third kappa shape index (κ3) is 3.67. The molecule has 1 amide bonds. The first-order chi connectivity index (χ1) is 12.1. The van der Waals surface area contributed by atoms with Gasteiger partial charge in [-0.2, -0.15) is 0 Å². The highest BCUT2D eigenvalue weighted by Crippen LogP contribution is 2.37. The molecule has 2 heterocycles. The van der Waals surface area contributed by atoms with Crippen molar-refractivity contribution in [3.8, 4) is 16.9 Å². The van der Waals surface area contributed by atoms with Gasteiger partial charge in [0.1, 0.15) is 22.4 Å². The molecule has 25 heavy (non-hydrogen) atoms. The predicted molar refractivity (Wildman–Crippen MR) is 95.3 cm³/mol. The average molecular weight is 361 g/mol. The van der Waals surface area contributed by atoms with Crippen molar-refractivity contribution in [1.29, 1.82) is 0 Å². The molecule has 1 saturated heterocycles. The molecule has 1 aromatic heterocycles. The fraction of sp³-hybridized carbons (Fsp3) is 0.333. The molecule has 1 aliphatic heterocycles. The van der Waals surface area contributed by atoms with E-state index in [9.17, 15) is 9.59 Å². The molecule has 7 heteroatoms. The van der Waals surface area contributed by atoms with Gasteiger partial charge in [0, 0.05) is 17.6 Å². The first kappa shape index (κ1) is 17.4. The van der Waals surface area contributed by atoms with Gasteiger partial charge in [-0.3, -0.25) is 4.79 Å². The number of anilines is 1. The second-order valence-electron chi connectivity index (χ2n) is 5.56. The number of carbonyl (C=O) groups excluding carboxylic acids is 2. The highest BCUT2D eigenvalue weighted by molar-refractivity contribution is 7.15. The summed E-state index contributed by atoms with van der Waals surface area (Å²) in [5.41, 5.74) is 1.90. The number of hydrogen-bond acceptors (Lipinski definition) is 6. The molecule has 0 radical (unpaired) electrons. The van der Waals surface area contributed by atoms with Crippen LogP contribution in [0.1, 0.15) is 23.2 Å². The number of methoxy groups -OCH3 is 2. The van der Waals surface area contributed by atoms with Crippen LogP contribution in [0.15, 0.2) is 29.6 Å². The van der Waals surface area contributed by atoms with E-state index in [1.165, 1.54) is 18.4 Å². The van der Waals surface area contributed by atoms with Crippen molar-refractivity contribution in [3.63, 3.8) is 0 Å². The minimum Gasteiger partial charge on any atom is -0.497 e. The lowest BCUT2D eigenvalue weighted by Crippen LogP contribution is -2.27. The van der Waals surface area contributed by atoms with Crippen LogP contribution in [-0.2, 0) is 14.3 Å². The molecular weight excluding hydrogens is 342 g/mol. The molecule has 0 spiro atoms. The number of rotatable bonds is 5. The number of ether oxygens (including phenoxy) is 3. The molecule has 3 rings (SSSR count). The van der Waals surface area contributed by atoms with Crippen LogP contribution in [0.3, 0.4) is 0 Å². The lowest BCUT2D eigenvalue weighted by molar-refractivity contribution is -0.124. The zero-order valence-electron chi connectivity index (χ0n) is 14.0. The van der Waals surface area contributed by atoms with Gasteiger partial charge in [-0.15, -0.1) is 11.3 Å². The zero-order valence-corrected chi connectivity index (χ0v) is 14.9. The third-order valence-corrected chi connectivity index (χ3v) is 4.94. The van der Waals surface area contributed by atoms with Gasteiger partial charge in [-0.1, -0.05) is 12.1 Å². The van der Waals surface area contributed by atoms with E-state index in [-0.39, 0.29) is 5.91 Å². The van der Waals surface area contributed by atoms with Crippen molar-refractivity contribution in [3.05, 3.63) is 35.2 Å². The molecule has 1 aromatic carbocycles. The molecular formula is C18H19NO5S. The highest BCUT2D eigenvalue weighted by Gasteiger charge is 2.27. The van der Waals surface area contributed by atoms with E-state index in [0.29, 0.717) is 29.2 Å². The van der Waals surface area contributed by atoms with Gasteiger partial charge in [0.25, 0.3) is 5.91 Å². The number of nitrogens with one attached hydrogen (secondary N) is 1. The summed E-state index contributed by atoms with van der Waals surface area (Å²) in [5, 5.41) is 5.11. The molecule has 1 atom stereocenters. The third-order valence-electron chi connectivity index (χ3n) is 4.04. The molecule has 0 aliphatic carbocycles. The van der Waals surface area contributed by atoms with Crippen LogP contribution in [0.5, 0.6) is 5.75 Å². The minimum atomic E-state index is -0.491. The maximum absolute atomic E-state index is 12.3. The topological polar surface area (TPSA) is 73.9 Å². The standard InChI is InChI=1S/C18H19NO5S/c1-22-12-7-5-11(6-8-12)13-10-25-17(15(13)18(21)23-2)19-16(20)14-4-3-9-24-14/h5-8,10,14H,3-4,9H2,1-2H3,(H,19,20)/t14-/m0/s1. The van der Waals surface area contributed by atoms with E-state index in [0.717, 1.165) is 17.7 Å². The lowest BCUT2D eigenvalue weighted by atomic mass is 10.0. The molecule has 2 aromatic rings. The predicted octanol–water partition coefficient (Wildman–Crippen LogP) is 3.33. The van der Waals surface area contributed by atoms with Gasteiger partial charge < -0.3 is 19.5 Å². The van der Waals surface area contributed by atoms with Crippen molar-refractivity contribution in [1.82, 2.24) is 0 Å². The van der Waals surface area contributed by atoms with Gasteiger partial charge in [-0.05, 0) is 30.5 Å². The van der Waals surface area contributed by atoms with Crippen molar-refractivity contribution in [2.45, 2.75) is 18.9 Å². The average Bonchev–Trinajstić information content (AvgIpc) is 3.31. The van der Waals surface area contributed by atoms with Crippen molar-refractivity contribution in [2.75, 3.05) is 26.1 Å². The number of thiophene rings is 1. The Morgan fingerprint density at radius 2 is 2.00 bits per heavy atom. The van der Waals surface area contributed by atoms with Gasteiger partial charge >= 0.3 is 5.97 Å². The van der Waals surface area contributed by atoms with Crippen LogP contribution in [-0.4, -0.2) is 38.8 Å². The molecule has 1 fully saturated rings. The normalized spacial score (nSPS) is 16.5. The van der Waals surface area contributed by atoms with E-state index >= 15 is 0 Å². The number of benzene rings is 1. The Balaban J connectivity index is 1.92. The van der Waals surface area contributed by atoms with Crippen LogP contribution in [0, 0.1) is 0 Å². The maximum atomic E-state index is 12.3. The Morgan fingerprint density at radius 1 is 1.24 bits per heavy atom. The van der Waals surface area contributed by atoms with E-state index in [1.807, 2.05) is 29.6 Å². The van der Waals surface area contributed by atoms with Gasteiger partial charge in [0.15, 0.2) is 0 Å². The summed E-state index contributed by atoms with van der Waals surface area (Å²) in [6.45, 7) is 0.587. The second kappa shape index (κ2) is 7.67. The Hall–Kier alpha value is -2.38. The molecule has 0 unspecified atom stereocenters. The summed E-state index contributed by atoms with van der Waals surface area (Å²) in [5.74, 6) is 0.00555. The molecule has 6 nitrogen and oxygen atoms in total.